The van der Waals surface area contributed by atoms with Crippen LogP contribution in [-0.2, 0) is 9.84 Å². The summed E-state index contributed by atoms with van der Waals surface area (Å²) in [6.45, 7) is 0. The predicted molar refractivity (Wildman–Crippen MR) is 71.7 cm³/mol. The molecule has 1 aliphatic rings. The molecule has 1 heterocycles. The molecule has 1 aromatic heterocycles. The fourth-order valence-corrected chi connectivity index (χ4v) is 2.95. The summed E-state index contributed by atoms with van der Waals surface area (Å²) < 4.78 is 23.2. The first-order chi connectivity index (χ1) is 9.40. The second kappa shape index (κ2) is 5.73. The van der Waals surface area contributed by atoms with E-state index in [-0.39, 0.29) is 28.7 Å². The molecular weight excluding hydrogens is 280 g/mol. The average Bonchev–Trinajstić information content (AvgIpc) is 2.40. The topological polar surface area (TPSA) is 116 Å². The van der Waals surface area contributed by atoms with E-state index >= 15 is 0 Å². The fraction of sp³-hybridized carbons (Fsp3) is 0.583. The van der Waals surface area contributed by atoms with E-state index in [0.29, 0.717) is 12.8 Å². The molecule has 1 aromatic rings. The highest BCUT2D eigenvalue weighted by molar-refractivity contribution is 7.90. The van der Waals surface area contributed by atoms with Crippen LogP contribution >= 0.6 is 0 Å². The lowest BCUT2D eigenvalue weighted by Crippen LogP contribution is -2.29. The maximum absolute atomic E-state index is 11.6. The van der Waals surface area contributed by atoms with Crippen molar-refractivity contribution < 1.29 is 13.5 Å². The molecule has 0 radical (unpaired) electrons. The zero-order valence-electron chi connectivity index (χ0n) is 11.1. The minimum atomic E-state index is -3.57. The van der Waals surface area contributed by atoms with Crippen molar-refractivity contribution in [3.8, 4) is 6.07 Å². The highest BCUT2D eigenvalue weighted by Gasteiger charge is 2.22. The lowest BCUT2D eigenvalue weighted by atomic mass is 9.93. The minimum Gasteiger partial charge on any atom is -0.393 e. The van der Waals surface area contributed by atoms with Crippen LogP contribution in [-0.4, -0.2) is 41.9 Å². The monoisotopic (exact) mass is 296 g/mol. The molecule has 0 spiro atoms. The van der Waals surface area contributed by atoms with Crippen molar-refractivity contribution in [1.82, 2.24) is 9.97 Å². The van der Waals surface area contributed by atoms with Gasteiger partial charge in [0.25, 0.3) is 0 Å². The lowest BCUT2D eigenvalue weighted by Gasteiger charge is -2.26. The van der Waals surface area contributed by atoms with E-state index in [1.54, 1.807) is 6.07 Å². The van der Waals surface area contributed by atoms with Gasteiger partial charge in [0.2, 0.25) is 5.95 Å². The number of aliphatic hydroxyl groups is 1. The van der Waals surface area contributed by atoms with Crippen LogP contribution in [0.4, 0.5) is 5.95 Å². The molecule has 0 aromatic carbocycles. The minimum absolute atomic E-state index is 0.0582. The number of hydrogen-bond donors (Lipinski definition) is 2. The standard InChI is InChI=1S/C12H16N4O3S/c1-20(18,19)11-8(6-13)7-14-12(16-11)15-9-2-4-10(17)5-3-9/h7,9-10,17H,2-5H2,1H3,(H,14,15,16). The molecule has 0 bridgehead atoms. The Balaban J connectivity index is 2.20. The van der Waals surface area contributed by atoms with E-state index in [0.717, 1.165) is 19.1 Å². The van der Waals surface area contributed by atoms with Crippen LogP contribution in [0.5, 0.6) is 0 Å². The van der Waals surface area contributed by atoms with Gasteiger partial charge >= 0.3 is 0 Å². The van der Waals surface area contributed by atoms with Crippen LogP contribution in [0.1, 0.15) is 31.2 Å². The molecule has 1 fully saturated rings. The number of aliphatic hydroxyl groups excluding tert-OH is 1. The first-order valence-electron chi connectivity index (χ1n) is 6.32. The molecule has 20 heavy (non-hydrogen) atoms. The van der Waals surface area contributed by atoms with Gasteiger partial charge in [0, 0.05) is 12.3 Å². The summed E-state index contributed by atoms with van der Waals surface area (Å²) in [7, 11) is -3.57. The van der Waals surface area contributed by atoms with Gasteiger partial charge in [-0.25, -0.2) is 13.4 Å². The highest BCUT2D eigenvalue weighted by atomic mass is 32.2. The highest BCUT2D eigenvalue weighted by Crippen LogP contribution is 2.21. The molecule has 108 valence electrons. The Morgan fingerprint density at radius 3 is 2.60 bits per heavy atom. The number of nitrogens with zero attached hydrogens (tertiary/aromatic N) is 3. The molecule has 7 nitrogen and oxygen atoms in total. The lowest BCUT2D eigenvalue weighted by molar-refractivity contribution is 0.126. The summed E-state index contributed by atoms with van der Waals surface area (Å²) in [6, 6.07) is 1.88. The molecular formula is C12H16N4O3S. The van der Waals surface area contributed by atoms with E-state index in [4.69, 9.17) is 5.26 Å². The largest absolute Gasteiger partial charge is 0.393 e. The smallest absolute Gasteiger partial charge is 0.224 e. The van der Waals surface area contributed by atoms with E-state index in [1.165, 1.54) is 6.20 Å². The van der Waals surface area contributed by atoms with E-state index in [1.807, 2.05) is 0 Å². The maximum Gasteiger partial charge on any atom is 0.224 e. The van der Waals surface area contributed by atoms with Gasteiger partial charge in [0.05, 0.1) is 12.3 Å². The van der Waals surface area contributed by atoms with Gasteiger partial charge in [-0.05, 0) is 25.7 Å². The molecule has 0 unspecified atom stereocenters. The SMILES string of the molecule is CS(=O)(=O)c1nc(NC2CCC(O)CC2)ncc1C#N. The van der Waals surface area contributed by atoms with Crippen LogP contribution in [0.25, 0.3) is 0 Å². The molecule has 1 saturated carbocycles. The van der Waals surface area contributed by atoms with Gasteiger partial charge in [-0.1, -0.05) is 0 Å². The second-order valence-corrected chi connectivity index (χ2v) is 6.88. The van der Waals surface area contributed by atoms with Crippen LogP contribution < -0.4 is 5.32 Å². The number of nitriles is 1. The third-order valence-electron chi connectivity index (χ3n) is 3.26. The van der Waals surface area contributed by atoms with Gasteiger partial charge in [0.15, 0.2) is 14.9 Å². The summed E-state index contributed by atoms with van der Waals surface area (Å²) in [4.78, 5) is 7.90. The Labute approximate surface area is 117 Å². The van der Waals surface area contributed by atoms with Crippen LogP contribution in [0.15, 0.2) is 11.2 Å². The maximum atomic E-state index is 11.6. The van der Waals surface area contributed by atoms with Crippen molar-refractivity contribution in [3.05, 3.63) is 11.8 Å². The van der Waals surface area contributed by atoms with E-state index in [9.17, 15) is 13.5 Å². The van der Waals surface area contributed by atoms with Gasteiger partial charge < -0.3 is 10.4 Å². The van der Waals surface area contributed by atoms with Gasteiger partial charge in [-0.15, -0.1) is 0 Å². The van der Waals surface area contributed by atoms with Crippen molar-refractivity contribution in [2.24, 2.45) is 0 Å². The zero-order valence-corrected chi connectivity index (χ0v) is 11.9. The van der Waals surface area contributed by atoms with Crippen molar-refractivity contribution in [1.29, 1.82) is 5.26 Å². The van der Waals surface area contributed by atoms with Crippen LogP contribution in [0, 0.1) is 11.3 Å². The van der Waals surface area contributed by atoms with Gasteiger partial charge in [-0.2, -0.15) is 10.2 Å². The summed E-state index contributed by atoms with van der Waals surface area (Å²) in [5.74, 6) is 0.200. The predicted octanol–water partition coefficient (Wildman–Crippen LogP) is 0.467. The van der Waals surface area contributed by atoms with E-state index in [2.05, 4.69) is 15.3 Å². The first-order valence-corrected chi connectivity index (χ1v) is 8.21. The Hall–Kier alpha value is -1.72. The Kier molecular flexibility index (Phi) is 4.20. The Morgan fingerprint density at radius 2 is 2.05 bits per heavy atom. The van der Waals surface area contributed by atoms with Gasteiger partial charge in [-0.3, -0.25) is 0 Å². The Morgan fingerprint density at radius 1 is 1.40 bits per heavy atom. The van der Waals surface area contributed by atoms with Crippen LogP contribution in [0.2, 0.25) is 0 Å². The van der Waals surface area contributed by atoms with Crippen molar-refractivity contribution in [3.63, 3.8) is 0 Å². The number of rotatable bonds is 3. The van der Waals surface area contributed by atoms with Crippen molar-refractivity contribution in [2.75, 3.05) is 11.6 Å². The molecule has 2 N–H and O–H groups in total. The summed E-state index contributed by atoms with van der Waals surface area (Å²) >= 11 is 0. The molecule has 0 aliphatic heterocycles. The molecule has 0 saturated heterocycles. The van der Waals surface area contributed by atoms with Crippen molar-refractivity contribution in [2.45, 2.75) is 42.9 Å². The zero-order chi connectivity index (χ0) is 14.8. The summed E-state index contributed by atoms with van der Waals surface area (Å²) in [5, 5.41) is 21.1. The summed E-state index contributed by atoms with van der Waals surface area (Å²) in [6.07, 6.45) is 4.92. The van der Waals surface area contributed by atoms with Crippen LogP contribution in [0.3, 0.4) is 0 Å². The number of nitrogens with one attached hydrogen (secondary N) is 1. The molecule has 0 atom stereocenters. The summed E-state index contributed by atoms with van der Waals surface area (Å²) in [5.41, 5.74) is -0.0582. The second-order valence-electron chi connectivity index (χ2n) is 4.95. The van der Waals surface area contributed by atoms with Gasteiger partial charge in [0.1, 0.15) is 11.6 Å². The third kappa shape index (κ3) is 3.43. The number of aromatic nitrogens is 2. The quantitative estimate of drug-likeness (QED) is 0.779. The molecule has 2 rings (SSSR count). The average molecular weight is 296 g/mol. The third-order valence-corrected chi connectivity index (χ3v) is 4.27. The van der Waals surface area contributed by atoms with E-state index < -0.39 is 9.84 Å². The number of hydrogen-bond acceptors (Lipinski definition) is 7. The molecule has 0 amide bonds. The van der Waals surface area contributed by atoms with Crippen molar-refractivity contribution >= 4 is 15.8 Å². The normalized spacial score (nSPS) is 23.1. The molecule has 8 heteroatoms. The fourth-order valence-electron chi connectivity index (χ4n) is 2.20. The number of sulfone groups is 1. The number of anilines is 1. The first kappa shape index (κ1) is 14.7. The molecule has 1 aliphatic carbocycles. The Bertz CT molecular complexity index is 631.